The molecule has 0 aromatic heterocycles. The Morgan fingerprint density at radius 3 is 1.56 bits per heavy atom. The molecule has 0 unspecified atom stereocenters. The lowest BCUT2D eigenvalue weighted by molar-refractivity contribution is 0.430. The van der Waals surface area contributed by atoms with Gasteiger partial charge in [-0.15, -0.1) is 0 Å². The third kappa shape index (κ3) is 3.48. The van der Waals surface area contributed by atoms with Gasteiger partial charge >= 0.3 is 7.18 Å². The van der Waals surface area contributed by atoms with Gasteiger partial charge in [0.2, 0.25) is 0 Å². The number of benzene rings is 2. The van der Waals surface area contributed by atoms with Crippen LogP contribution in [0.2, 0.25) is 0 Å². The van der Waals surface area contributed by atoms with Crippen molar-refractivity contribution in [2.75, 3.05) is 0 Å². The summed E-state index contributed by atoms with van der Waals surface area (Å²) in [6.07, 6.45) is 0. The molecule has 0 aliphatic rings. The normalized spacial score (nSPS) is 10.7. The summed E-state index contributed by atoms with van der Waals surface area (Å²) in [5.74, 6) is 1.52. The predicted molar refractivity (Wildman–Crippen MR) is 79.0 cm³/mol. The van der Waals surface area contributed by atoms with E-state index in [0.29, 0.717) is 0 Å². The molecule has 0 heterocycles. The van der Waals surface area contributed by atoms with E-state index in [2.05, 4.69) is 21.9 Å². The first-order chi connectivity index (χ1) is 8.72. The summed E-state index contributed by atoms with van der Waals surface area (Å²) in [6.45, 7) is 3.79. The highest BCUT2D eigenvalue weighted by atomic mass is 79.9. The molecule has 0 fully saturated rings. The highest BCUT2D eigenvalue weighted by molar-refractivity contribution is 9.25. The van der Waals surface area contributed by atoms with Gasteiger partial charge in [-0.25, -0.2) is 0 Å². The molecule has 2 aromatic rings. The van der Waals surface area contributed by atoms with Crippen LogP contribution in [-0.2, 0) is 0 Å². The lowest BCUT2D eigenvalue weighted by Gasteiger charge is -2.22. The Morgan fingerprint density at radius 2 is 1.22 bits per heavy atom. The Kier molecular flexibility index (Phi) is 4.22. The first-order valence-corrected chi connectivity index (χ1v) is 9.67. The number of hydrogen-bond donors (Lipinski definition) is 0. The molecule has 0 aliphatic heterocycles. The van der Waals surface area contributed by atoms with Crippen LogP contribution in [0, 0.1) is 0 Å². The summed E-state index contributed by atoms with van der Waals surface area (Å²) in [5.41, 5.74) is 1.70. The maximum atomic E-state index is 5.87. The first kappa shape index (κ1) is 12.9. The number of rotatable bonds is 5. The van der Waals surface area contributed by atoms with Crippen molar-refractivity contribution in [2.24, 2.45) is 0 Å². The van der Waals surface area contributed by atoms with Crippen LogP contribution in [0.5, 0.6) is 11.5 Å². The van der Waals surface area contributed by atoms with E-state index in [1.165, 1.54) is 0 Å². The molecule has 0 saturated heterocycles. The lowest BCUT2D eigenvalue weighted by Crippen LogP contribution is -2.40. The monoisotopic (exact) mass is 320 g/mol. The predicted octanol–water partition coefficient (Wildman–Crippen LogP) is 4.20. The Labute approximate surface area is 116 Å². The van der Waals surface area contributed by atoms with Gasteiger partial charge in [0.05, 0.1) is 0 Å². The summed E-state index contributed by atoms with van der Waals surface area (Å²) in [4.78, 5) is 0. The third-order valence-corrected chi connectivity index (χ3v) is 5.70. The van der Waals surface area contributed by atoms with Crippen molar-refractivity contribution in [1.29, 1.82) is 0 Å². The van der Waals surface area contributed by atoms with Crippen LogP contribution in [0.3, 0.4) is 0 Å². The number of para-hydroxylation sites is 2. The van der Waals surface area contributed by atoms with Crippen LogP contribution in [0.25, 0.3) is 0 Å². The van der Waals surface area contributed by atoms with E-state index in [4.69, 9.17) is 8.85 Å². The van der Waals surface area contributed by atoms with E-state index in [1.807, 2.05) is 60.7 Å². The summed E-state index contributed by atoms with van der Waals surface area (Å²) in [5, 5.41) is 0. The standard InChI is InChI=1S/C14H13BrO2Si/c1-2-18(15,16-13-9-5-3-6-10-13)17-14-11-7-4-8-12-14/h2-12H,1H2. The van der Waals surface area contributed by atoms with Gasteiger partial charge in [-0.2, -0.15) is 0 Å². The van der Waals surface area contributed by atoms with Gasteiger partial charge in [-0.05, 0) is 45.3 Å². The topological polar surface area (TPSA) is 18.5 Å². The van der Waals surface area contributed by atoms with E-state index >= 15 is 0 Å². The average Bonchev–Trinajstić information content (AvgIpc) is 2.41. The minimum atomic E-state index is -2.63. The second-order valence-electron chi connectivity index (χ2n) is 3.62. The van der Waals surface area contributed by atoms with Crippen molar-refractivity contribution in [3.8, 4) is 11.5 Å². The SMILES string of the molecule is C=C[Si](Br)(Oc1ccccc1)Oc1ccccc1. The largest absolute Gasteiger partial charge is 0.565 e. The molecule has 4 heteroatoms. The van der Waals surface area contributed by atoms with Crippen LogP contribution in [-0.4, -0.2) is 7.18 Å². The maximum Gasteiger partial charge on any atom is 0.565 e. The Morgan fingerprint density at radius 1 is 0.833 bits per heavy atom. The summed E-state index contributed by atoms with van der Waals surface area (Å²) in [7, 11) is -2.63. The quantitative estimate of drug-likeness (QED) is 0.607. The molecule has 0 spiro atoms. The van der Waals surface area contributed by atoms with E-state index < -0.39 is 7.18 Å². The zero-order valence-corrected chi connectivity index (χ0v) is 12.3. The molecular weight excluding hydrogens is 308 g/mol. The molecular formula is C14H13BrO2Si. The Balaban J connectivity index is 2.13. The smallest absolute Gasteiger partial charge is 0.502 e. The molecule has 0 N–H and O–H groups in total. The molecule has 0 aliphatic carbocycles. The Bertz CT molecular complexity index is 460. The molecule has 2 rings (SSSR count). The van der Waals surface area contributed by atoms with Crippen molar-refractivity contribution in [3.63, 3.8) is 0 Å². The van der Waals surface area contributed by atoms with E-state index in [-0.39, 0.29) is 0 Å². The van der Waals surface area contributed by atoms with Gasteiger partial charge < -0.3 is 8.85 Å². The van der Waals surface area contributed by atoms with E-state index in [0.717, 1.165) is 11.5 Å². The highest BCUT2D eigenvalue weighted by Crippen LogP contribution is 2.24. The lowest BCUT2D eigenvalue weighted by atomic mass is 10.3. The molecule has 92 valence electrons. The molecule has 2 aromatic carbocycles. The number of hydrogen-bond acceptors (Lipinski definition) is 2. The second-order valence-corrected chi connectivity index (χ2v) is 8.91. The summed E-state index contributed by atoms with van der Waals surface area (Å²) < 4.78 is 11.7. The van der Waals surface area contributed by atoms with Gasteiger partial charge in [0.15, 0.2) is 0 Å². The van der Waals surface area contributed by atoms with Crippen molar-refractivity contribution in [3.05, 3.63) is 72.9 Å². The van der Waals surface area contributed by atoms with Crippen LogP contribution < -0.4 is 8.85 Å². The second kappa shape index (κ2) is 5.89. The van der Waals surface area contributed by atoms with Crippen LogP contribution in [0.4, 0.5) is 0 Å². The molecule has 18 heavy (non-hydrogen) atoms. The molecule has 0 atom stereocenters. The minimum Gasteiger partial charge on any atom is -0.502 e. The van der Waals surface area contributed by atoms with Crippen molar-refractivity contribution < 1.29 is 8.85 Å². The van der Waals surface area contributed by atoms with E-state index in [9.17, 15) is 0 Å². The van der Waals surface area contributed by atoms with Crippen molar-refractivity contribution in [1.82, 2.24) is 0 Å². The summed E-state index contributed by atoms with van der Waals surface area (Å²) >= 11 is 3.53. The fraction of sp³-hybridized carbons (Fsp3) is 0. The molecule has 0 amide bonds. The fourth-order valence-electron chi connectivity index (χ4n) is 1.40. The zero-order valence-electron chi connectivity index (χ0n) is 9.75. The van der Waals surface area contributed by atoms with Crippen LogP contribution in [0.15, 0.2) is 72.9 Å². The third-order valence-electron chi connectivity index (χ3n) is 2.24. The molecule has 2 nitrogen and oxygen atoms in total. The first-order valence-electron chi connectivity index (χ1n) is 5.52. The average molecular weight is 321 g/mol. The van der Waals surface area contributed by atoms with Gasteiger partial charge in [0.25, 0.3) is 0 Å². The van der Waals surface area contributed by atoms with E-state index in [1.54, 1.807) is 5.70 Å². The van der Waals surface area contributed by atoms with Crippen molar-refractivity contribution >= 4 is 22.5 Å². The fourth-order valence-corrected chi connectivity index (χ4v) is 3.65. The van der Waals surface area contributed by atoms with Crippen molar-refractivity contribution in [2.45, 2.75) is 0 Å². The van der Waals surface area contributed by atoms with Gasteiger partial charge in [0.1, 0.15) is 11.5 Å². The Hall–Kier alpha value is -1.52. The maximum absolute atomic E-state index is 5.87. The van der Waals surface area contributed by atoms with Gasteiger partial charge in [-0.3, -0.25) is 0 Å². The highest BCUT2D eigenvalue weighted by Gasteiger charge is 2.36. The van der Waals surface area contributed by atoms with Crippen LogP contribution in [0.1, 0.15) is 0 Å². The molecule has 0 saturated carbocycles. The number of halogens is 1. The van der Waals surface area contributed by atoms with Crippen LogP contribution >= 0.6 is 15.3 Å². The van der Waals surface area contributed by atoms with Gasteiger partial charge in [0, 0.05) is 0 Å². The minimum absolute atomic E-state index is 0.761. The zero-order chi connectivity index (χ0) is 12.8. The molecule has 0 radical (unpaired) electrons. The summed E-state index contributed by atoms with van der Waals surface area (Å²) in [6, 6.07) is 19.1. The molecule has 0 bridgehead atoms. The van der Waals surface area contributed by atoms with Gasteiger partial charge in [-0.1, -0.05) is 43.0 Å².